The molecule has 1 N–H and O–H groups in total. The molecular weight excluding hydrogens is 304 g/mol. The van der Waals surface area contributed by atoms with Crippen molar-refractivity contribution >= 4 is 23.2 Å². The largest absolute Gasteiger partial charge is 0.381 e. The summed E-state index contributed by atoms with van der Waals surface area (Å²) in [5.74, 6) is 0.334. The summed E-state index contributed by atoms with van der Waals surface area (Å²) in [7, 11) is 0. The Morgan fingerprint density at radius 1 is 1.45 bits per heavy atom. The molecule has 3 rings (SSSR count). The van der Waals surface area contributed by atoms with Crippen molar-refractivity contribution in [2.75, 3.05) is 18.5 Å². The molecule has 2 aromatic heterocycles. The average Bonchev–Trinajstić information content (AvgIpc) is 2.90. The van der Waals surface area contributed by atoms with Crippen LogP contribution in [0.25, 0.3) is 5.69 Å². The smallest absolute Gasteiger partial charge is 0.224 e. The number of rotatable bonds is 4. The van der Waals surface area contributed by atoms with Crippen molar-refractivity contribution in [2.45, 2.75) is 19.3 Å². The van der Waals surface area contributed by atoms with Crippen molar-refractivity contribution in [3.05, 3.63) is 35.9 Å². The number of pyridine rings is 1. The van der Waals surface area contributed by atoms with Crippen molar-refractivity contribution < 1.29 is 9.53 Å². The number of anilines is 1. The number of halogens is 1. The minimum Gasteiger partial charge on any atom is -0.381 e. The maximum atomic E-state index is 12.1. The summed E-state index contributed by atoms with van der Waals surface area (Å²) >= 11 is 6.09. The summed E-state index contributed by atoms with van der Waals surface area (Å²) < 4.78 is 6.90. The molecule has 0 bridgehead atoms. The Labute approximate surface area is 133 Å². The topological polar surface area (TPSA) is 69.0 Å². The predicted molar refractivity (Wildman–Crippen MR) is 83.2 cm³/mol. The highest BCUT2D eigenvalue weighted by molar-refractivity contribution is 6.32. The van der Waals surface area contributed by atoms with E-state index in [1.54, 1.807) is 23.3 Å². The molecule has 2 aromatic rings. The zero-order valence-electron chi connectivity index (χ0n) is 12.0. The van der Waals surface area contributed by atoms with Gasteiger partial charge >= 0.3 is 0 Å². The average molecular weight is 321 g/mol. The van der Waals surface area contributed by atoms with Crippen LogP contribution < -0.4 is 5.32 Å². The van der Waals surface area contributed by atoms with E-state index in [-0.39, 0.29) is 11.1 Å². The molecule has 0 atom stereocenters. The first kappa shape index (κ1) is 15.0. The SMILES string of the molecule is O=C(CC1CCOCC1)Nc1cn(-c2cccnc2)nc1Cl. The van der Waals surface area contributed by atoms with E-state index in [1.807, 2.05) is 12.1 Å². The Morgan fingerprint density at radius 2 is 2.27 bits per heavy atom. The maximum Gasteiger partial charge on any atom is 0.224 e. The molecule has 0 spiro atoms. The van der Waals surface area contributed by atoms with Gasteiger partial charge in [0.2, 0.25) is 5.91 Å². The van der Waals surface area contributed by atoms with E-state index >= 15 is 0 Å². The summed E-state index contributed by atoms with van der Waals surface area (Å²) in [5.41, 5.74) is 1.30. The molecule has 1 aliphatic rings. The highest BCUT2D eigenvalue weighted by atomic mass is 35.5. The number of hydrogen-bond donors (Lipinski definition) is 1. The fraction of sp³-hybridized carbons (Fsp3) is 0.400. The standard InChI is InChI=1S/C15H17ClN4O2/c16-15-13(10-20(19-15)12-2-1-5-17-9-12)18-14(21)8-11-3-6-22-7-4-11/h1-2,5,9-11H,3-4,6-8H2,(H,18,21). The minimum atomic E-state index is -0.0421. The number of amides is 1. The molecule has 7 heteroatoms. The van der Waals surface area contributed by atoms with E-state index in [0.29, 0.717) is 18.0 Å². The number of carbonyl (C=O) groups excluding carboxylic acids is 1. The van der Waals surface area contributed by atoms with E-state index in [4.69, 9.17) is 16.3 Å². The Kier molecular flexibility index (Phi) is 4.70. The monoisotopic (exact) mass is 320 g/mol. The van der Waals surface area contributed by atoms with Gasteiger partial charge in [-0.3, -0.25) is 9.78 Å². The third-order valence-corrected chi connectivity index (χ3v) is 3.95. The number of nitrogens with one attached hydrogen (secondary N) is 1. The van der Waals surface area contributed by atoms with Gasteiger partial charge in [-0.25, -0.2) is 4.68 Å². The Bertz CT molecular complexity index is 638. The van der Waals surface area contributed by atoms with Gasteiger partial charge in [-0.15, -0.1) is 0 Å². The maximum absolute atomic E-state index is 12.1. The van der Waals surface area contributed by atoms with Gasteiger partial charge < -0.3 is 10.1 Å². The summed E-state index contributed by atoms with van der Waals surface area (Å²) in [5, 5.41) is 7.29. The highest BCUT2D eigenvalue weighted by Gasteiger charge is 2.19. The number of ether oxygens (including phenoxy) is 1. The van der Waals surface area contributed by atoms with Crippen molar-refractivity contribution in [1.82, 2.24) is 14.8 Å². The van der Waals surface area contributed by atoms with Crippen molar-refractivity contribution in [1.29, 1.82) is 0 Å². The molecule has 1 fully saturated rings. The third kappa shape index (κ3) is 3.64. The van der Waals surface area contributed by atoms with Crippen LogP contribution in [0.5, 0.6) is 0 Å². The zero-order valence-corrected chi connectivity index (χ0v) is 12.8. The molecule has 0 saturated carbocycles. The molecule has 0 aromatic carbocycles. The summed E-state index contributed by atoms with van der Waals surface area (Å²) in [6, 6.07) is 3.68. The lowest BCUT2D eigenvalue weighted by molar-refractivity contribution is -0.117. The van der Waals surface area contributed by atoms with Gasteiger partial charge in [0.15, 0.2) is 5.15 Å². The van der Waals surface area contributed by atoms with E-state index in [0.717, 1.165) is 31.7 Å². The summed E-state index contributed by atoms with van der Waals surface area (Å²) in [4.78, 5) is 16.2. The van der Waals surface area contributed by atoms with Gasteiger partial charge in [0.05, 0.1) is 23.8 Å². The highest BCUT2D eigenvalue weighted by Crippen LogP contribution is 2.23. The van der Waals surface area contributed by atoms with Crippen LogP contribution in [0.3, 0.4) is 0 Å². The molecule has 1 saturated heterocycles. The number of hydrogen-bond acceptors (Lipinski definition) is 4. The number of carbonyl (C=O) groups is 1. The van der Waals surface area contributed by atoms with Crippen LogP contribution in [0.15, 0.2) is 30.7 Å². The molecule has 3 heterocycles. The predicted octanol–water partition coefficient (Wildman–Crippen LogP) is 2.68. The van der Waals surface area contributed by atoms with Crippen molar-refractivity contribution in [2.24, 2.45) is 5.92 Å². The van der Waals surface area contributed by atoms with Crippen LogP contribution in [0.4, 0.5) is 5.69 Å². The Balaban J connectivity index is 1.65. The molecule has 22 heavy (non-hydrogen) atoms. The van der Waals surface area contributed by atoms with Gasteiger partial charge in [0.1, 0.15) is 0 Å². The van der Waals surface area contributed by atoms with E-state index < -0.39 is 0 Å². The first-order valence-electron chi connectivity index (χ1n) is 7.25. The Morgan fingerprint density at radius 3 is 3.00 bits per heavy atom. The first-order valence-corrected chi connectivity index (χ1v) is 7.63. The van der Waals surface area contributed by atoms with Crippen molar-refractivity contribution in [3.63, 3.8) is 0 Å². The fourth-order valence-corrected chi connectivity index (χ4v) is 2.65. The molecule has 1 aliphatic heterocycles. The first-order chi connectivity index (χ1) is 10.7. The number of nitrogens with zero attached hydrogens (tertiary/aromatic N) is 3. The quantitative estimate of drug-likeness (QED) is 0.940. The lowest BCUT2D eigenvalue weighted by Crippen LogP contribution is -2.22. The zero-order chi connectivity index (χ0) is 15.4. The van der Waals surface area contributed by atoms with Gasteiger partial charge in [0.25, 0.3) is 0 Å². The van der Waals surface area contributed by atoms with Gasteiger partial charge in [-0.1, -0.05) is 11.6 Å². The molecule has 0 radical (unpaired) electrons. The third-order valence-electron chi connectivity index (χ3n) is 3.67. The van der Waals surface area contributed by atoms with Crippen LogP contribution in [0.2, 0.25) is 5.15 Å². The summed E-state index contributed by atoms with van der Waals surface area (Å²) in [6.45, 7) is 1.47. The van der Waals surface area contributed by atoms with E-state index in [2.05, 4.69) is 15.4 Å². The minimum absolute atomic E-state index is 0.0421. The normalized spacial score (nSPS) is 15.7. The second-order valence-corrected chi connectivity index (χ2v) is 5.66. The van der Waals surface area contributed by atoms with E-state index in [1.165, 1.54) is 0 Å². The lowest BCUT2D eigenvalue weighted by atomic mass is 9.96. The number of aromatic nitrogens is 3. The second kappa shape index (κ2) is 6.89. The van der Waals surface area contributed by atoms with Crippen LogP contribution >= 0.6 is 11.6 Å². The van der Waals surface area contributed by atoms with Gasteiger partial charge in [-0.2, -0.15) is 5.10 Å². The second-order valence-electron chi connectivity index (χ2n) is 5.30. The molecular formula is C15H17ClN4O2. The van der Waals surface area contributed by atoms with Crippen LogP contribution in [-0.2, 0) is 9.53 Å². The molecule has 1 amide bonds. The lowest BCUT2D eigenvalue weighted by Gasteiger charge is -2.21. The van der Waals surface area contributed by atoms with Crippen LogP contribution in [0.1, 0.15) is 19.3 Å². The fourth-order valence-electron chi connectivity index (χ4n) is 2.47. The molecule has 0 aliphatic carbocycles. The van der Waals surface area contributed by atoms with Crippen LogP contribution in [-0.4, -0.2) is 33.9 Å². The van der Waals surface area contributed by atoms with Gasteiger partial charge in [-0.05, 0) is 30.9 Å². The summed E-state index contributed by atoms with van der Waals surface area (Å²) in [6.07, 6.45) is 7.40. The molecule has 116 valence electrons. The molecule has 6 nitrogen and oxygen atoms in total. The van der Waals surface area contributed by atoms with Crippen molar-refractivity contribution in [3.8, 4) is 5.69 Å². The van der Waals surface area contributed by atoms with Gasteiger partial charge in [0, 0.05) is 25.8 Å². The molecule has 0 unspecified atom stereocenters. The Hall–Kier alpha value is -1.92. The van der Waals surface area contributed by atoms with E-state index in [9.17, 15) is 4.79 Å². The van der Waals surface area contributed by atoms with Crippen LogP contribution in [0, 0.1) is 5.92 Å².